The van der Waals surface area contributed by atoms with Crippen molar-refractivity contribution in [1.82, 2.24) is 4.98 Å². The van der Waals surface area contributed by atoms with Crippen LogP contribution in [0.1, 0.15) is 26.5 Å². The lowest BCUT2D eigenvalue weighted by molar-refractivity contribution is 0.0471. The maximum atomic E-state index is 12.2. The normalized spacial score (nSPS) is 10.8. The standard InChI is InChI=1S/C17H15NO2S/c1-11-6-5-7-13(12(11)2)17(19)20-10-16-18-14-8-3-4-9-15(14)21-16/h3-9H,10H2,1-2H3. The van der Waals surface area contributed by atoms with Crippen LogP contribution >= 0.6 is 11.3 Å². The zero-order valence-corrected chi connectivity index (χ0v) is 12.7. The van der Waals surface area contributed by atoms with Crippen molar-refractivity contribution >= 4 is 27.5 Å². The topological polar surface area (TPSA) is 39.2 Å². The van der Waals surface area contributed by atoms with Gasteiger partial charge in [0.1, 0.15) is 11.6 Å². The molecule has 0 fully saturated rings. The summed E-state index contributed by atoms with van der Waals surface area (Å²) in [5.74, 6) is -0.296. The highest BCUT2D eigenvalue weighted by atomic mass is 32.1. The van der Waals surface area contributed by atoms with Crippen LogP contribution in [-0.2, 0) is 11.3 Å². The summed E-state index contributed by atoms with van der Waals surface area (Å²) in [6.07, 6.45) is 0. The molecule has 0 saturated carbocycles. The summed E-state index contributed by atoms with van der Waals surface area (Å²) < 4.78 is 6.50. The number of ether oxygens (including phenoxy) is 1. The highest BCUT2D eigenvalue weighted by Crippen LogP contribution is 2.22. The number of fused-ring (bicyclic) bond motifs is 1. The van der Waals surface area contributed by atoms with E-state index < -0.39 is 0 Å². The third-order valence-electron chi connectivity index (χ3n) is 3.49. The molecule has 1 aromatic heterocycles. The van der Waals surface area contributed by atoms with E-state index >= 15 is 0 Å². The van der Waals surface area contributed by atoms with Crippen LogP contribution in [0.4, 0.5) is 0 Å². The SMILES string of the molecule is Cc1cccc(C(=O)OCc2nc3ccccc3s2)c1C. The van der Waals surface area contributed by atoms with Crippen molar-refractivity contribution in [3.05, 3.63) is 64.2 Å². The summed E-state index contributed by atoms with van der Waals surface area (Å²) in [7, 11) is 0. The van der Waals surface area contributed by atoms with Gasteiger partial charge in [-0.3, -0.25) is 0 Å². The van der Waals surface area contributed by atoms with E-state index in [2.05, 4.69) is 4.98 Å². The second-order valence-corrected chi connectivity index (χ2v) is 6.01. The average molecular weight is 297 g/mol. The number of hydrogen-bond donors (Lipinski definition) is 0. The van der Waals surface area contributed by atoms with Crippen LogP contribution in [0.3, 0.4) is 0 Å². The predicted molar refractivity (Wildman–Crippen MR) is 84.7 cm³/mol. The van der Waals surface area contributed by atoms with E-state index in [9.17, 15) is 4.79 Å². The summed E-state index contributed by atoms with van der Waals surface area (Å²) in [6.45, 7) is 4.13. The maximum Gasteiger partial charge on any atom is 0.338 e. The molecule has 3 rings (SSSR count). The number of para-hydroxylation sites is 1. The number of carbonyl (C=O) groups excluding carboxylic acids is 1. The number of esters is 1. The van der Waals surface area contributed by atoms with Crippen molar-refractivity contribution in [3.8, 4) is 0 Å². The largest absolute Gasteiger partial charge is 0.455 e. The van der Waals surface area contributed by atoms with E-state index in [1.807, 2.05) is 50.2 Å². The van der Waals surface area contributed by atoms with Crippen LogP contribution in [0.5, 0.6) is 0 Å². The molecular weight excluding hydrogens is 282 g/mol. The molecule has 21 heavy (non-hydrogen) atoms. The van der Waals surface area contributed by atoms with Crippen LogP contribution < -0.4 is 0 Å². The average Bonchev–Trinajstić information content (AvgIpc) is 2.90. The summed E-state index contributed by atoms with van der Waals surface area (Å²) in [4.78, 5) is 16.6. The number of carbonyl (C=O) groups is 1. The molecule has 0 radical (unpaired) electrons. The summed E-state index contributed by atoms with van der Waals surface area (Å²) in [5.41, 5.74) is 3.62. The lowest BCUT2D eigenvalue weighted by atomic mass is 10.0. The Labute approximate surface area is 127 Å². The van der Waals surface area contributed by atoms with Crippen LogP contribution in [0, 0.1) is 13.8 Å². The molecule has 106 valence electrons. The number of rotatable bonds is 3. The number of aryl methyl sites for hydroxylation is 1. The molecule has 0 amide bonds. The lowest BCUT2D eigenvalue weighted by Gasteiger charge is -2.07. The smallest absolute Gasteiger partial charge is 0.338 e. The number of aromatic nitrogens is 1. The minimum Gasteiger partial charge on any atom is -0.455 e. The fraction of sp³-hybridized carbons (Fsp3) is 0.176. The first-order valence-electron chi connectivity index (χ1n) is 6.73. The number of nitrogens with zero attached hydrogens (tertiary/aromatic N) is 1. The molecule has 0 N–H and O–H groups in total. The van der Waals surface area contributed by atoms with E-state index in [0.29, 0.717) is 5.56 Å². The van der Waals surface area contributed by atoms with Gasteiger partial charge in [-0.05, 0) is 43.2 Å². The zero-order valence-electron chi connectivity index (χ0n) is 11.9. The van der Waals surface area contributed by atoms with Gasteiger partial charge >= 0.3 is 5.97 Å². The highest BCUT2D eigenvalue weighted by molar-refractivity contribution is 7.18. The van der Waals surface area contributed by atoms with Gasteiger partial charge < -0.3 is 4.74 Å². The van der Waals surface area contributed by atoms with Crippen molar-refractivity contribution in [2.45, 2.75) is 20.5 Å². The molecule has 0 unspecified atom stereocenters. The Morgan fingerprint density at radius 1 is 1.14 bits per heavy atom. The molecule has 3 nitrogen and oxygen atoms in total. The molecule has 0 aliphatic carbocycles. The van der Waals surface area contributed by atoms with E-state index in [0.717, 1.165) is 26.4 Å². The molecule has 0 aliphatic heterocycles. The van der Waals surface area contributed by atoms with Crippen molar-refractivity contribution in [1.29, 1.82) is 0 Å². The Kier molecular flexibility index (Phi) is 3.71. The fourth-order valence-corrected chi connectivity index (χ4v) is 3.04. The Bertz CT molecular complexity index is 774. The minimum absolute atomic E-state index is 0.214. The van der Waals surface area contributed by atoms with Gasteiger partial charge in [-0.25, -0.2) is 9.78 Å². The second kappa shape index (κ2) is 5.66. The van der Waals surface area contributed by atoms with Crippen LogP contribution in [0.25, 0.3) is 10.2 Å². The van der Waals surface area contributed by atoms with Gasteiger partial charge in [0.05, 0.1) is 15.8 Å². The Balaban J connectivity index is 1.75. The number of benzene rings is 2. The Morgan fingerprint density at radius 3 is 2.76 bits per heavy atom. The highest BCUT2D eigenvalue weighted by Gasteiger charge is 2.13. The Hall–Kier alpha value is -2.20. The molecule has 0 bridgehead atoms. The predicted octanol–water partition coefficient (Wildman–Crippen LogP) is 4.27. The fourth-order valence-electron chi connectivity index (χ4n) is 2.16. The summed E-state index contributed by atoms with van der Waals surface area (Å²) in [6, 6.07) is 13.6. The molecule has 0 saturated heterocycles. The summed E-state index contributed by atoms with van der Waals surface area (Å²) >= 11 is 1.55. The van der Waals surface area contributed by atoms with Gasteiger partial charge in [0, 0.05) is 0 Å². The van der Waals surface area contributed by atoms with Crippen LogP contribution in [0.15, 0.2) is 42.5 Å². The zero-order chi connectivity index (χ0) is 14.8. The third-order valence-corrected chi connectivity index (χ3v) is 4.50. The summed E-state index contributed by atoms with van der Waals surface area (Å²) in [5, 5.41) is 0.815. The Morgan fingerprint density at radius 2 is 1.95 bits per heavy atom. The molecule has 0 spiro atoms. The molecule has 3 aromatic rings. The molecule has 4 heteroatoms. The first-order valence-corrected chi connectivity index (χ1v) is 7.54. The molecule has 0 aliphatic rings. The van der Waals surface area contributed by atoms with E-state index in [-0.39, 0.29) is 12.6 Å². The minimum atomic E-state index is -0.296. The van der Waals surface area contributed by atoms with Gasteiger partial charge in [-0.1, -0.05) is 24.3 Å². The van der Waals surface area contributed by atoms with Crippen molar-refractivity contribution < 1.29 is 9.53 Å². The monoisotopic (exact) mass is 297 g/mol. The molecular formula is C17H15NO2S. The molecule has 0 atom stereocenters. The first kappa shape index (κ1) is 13.8. The van der Waals surface area contributed by atoms with Crippen molar-refractivity contribution in [2.75, 3.05) is 0 Å². The van der Waals surface area contributed by atoms with Crippen molar-refractivity contribution in [2.24, 2.45) is 0 Å². The lowest BCUT2D eigenvalue weighted by Crippen LogP contribution is -2.07. The van der Waals surface area contributed by atoms with Gasteiger partial charge in [-0.2, -0.15) is 0 Å². The van der Waals surface area contributed by atoms with E-state index in [1.54, 1.807) is 17.4 Å². The third kappa shape index (κ3) is 2.81. The second-order valence-electron chi connectivity index (χ2n) is 4.90. The van der Waals surface area contributed by atoms with Gasteiger partial charge in [-0.15, -0.1) is 11.3 Å². The van der Waals surface area contributed by atoms with Crippen LogP contribution in [-0.4, -0.2) is 11.0 Å². The quantitative estimate of drug-likeness (QED) is 0.678. The maximum absolute atomic E-state index is 12.2. The molecule has 1 heterocycles. The van der Waals surface area contributed by atoms with Gasteiger partial charge in [0.25, 0.3) is 0 Å². The van der Waals surface area contributed by atoms with E-state index in [4.69, 9.17) is 4.74 Å². The number of thiazole rings is 1. The number of hydrogen-bond acceptors (Lipinski definition) is 4. The molecule has 2 aromatic carbocycles. The van der Waals surface area contributed by atoms with Gasteiger partial charge in [0.15, 0.2) is 0 Å². The van der Waals surface area contributed by atoms with E-state index in [1.165, 1.54) is 0 Å². The first-order chi connectivity index (χ1) is 10.1. The van der Waals surface area contributed by atoms with Crippen molar-refractivity contribution in [3.63, 3.8) is 0 Å². The van der Waals surface area contributed by atoms with Crippen LogP contribution in [0.2, 0.25) is 0 Å². The van der Waals surface area contributed by atoms with Gasteiger partial charge in [0.2, 0.25) is 0 Å².